The van der Waals surface area contributed by atoms with Gasteiger partial charge in [0.1, 0.15) is 4.21 Å². The molecule has 0 amide bonds. The van der Waals surface area contributed by atoms with E-state index in [-0.39, 0.29) is 21.4 Å². The van der Waals surface area contributed by atoms with E-state index in [9.17, 15) is 18.5 Å². The number of nitrogen functional groups attached to an aromatic ring is 1. The number of ether oxygens (including phenoxy) is 1. The average molecular weight is 338 g/mol. The van der Waals surface area contributed by atoms with E-state index < -0.39 is 20.5 Å². The highest BCUT2D eigenvalue weighted by Crippen LogP contribution is 2.36. The number of hydrogen-bond donors (Lipinski definition) is 3. The summed E-state index contributed by atoms with van der Waals surface area (Å²) in [6.45, 7) is 5.77. The highest BCUT2D eigenvalue weighted by atomic mass is 32.2. The quantitative estimate of drug-likeness (QED) is 0.366. The first-order valence-electron chi connectivity index (χ1n) is 6.01. The van der Waals surface area contributed by atoms with Gasteiger partial charge in [0.15, 0.2) is 5.00 Å². The monoisotopic (exact) mass is 338 g/mol. The summed E-state index contributed by atoms with van der Waals surface area (Å²) in [4.78, 5) is 10.1. The van der Waals surface area contributed by atoms with Gasteiger partial charge in [0.25, 0.3) is 0 Å². The Labute approximate surface area is 126 Å². The minimum absolute atomic E-state index is 0.0237. The number of sulfonamides is 1. The van der Waals surface area contributed by atoms with Crippen molar-refractivity contribution in [2.75, 3.05) is 18.6 Å². The van der Waals surface area contributed by atoms with Crippen molar-refractivity contribution < 1.29 is 18.1 Å². The summed E-state index contributed by atoms with van der Waals surface area (Å²) in [6, 6.07) is 0.968. The fourth-order valence-corrected chi connectivity index (χ4v) is 3.99. The van der Waals surface area contributed by atoms with Crippen LogP contribution in [0, 0.1) is 10.1 Å². The van der Waals surface area contributed by atoms with E-state index >= 15 is 0 Å². The molecule has 0 radical (unpaired) electrons. The summed E-state index contributed by atoms with van der Waals surface area (Å²) in [5, 5.41) is 10.8. The normalized spacial score (nSPS) is 12.4. The van der Waals surface area contributed by atoms with Crippen molar-refractivity contribution in [3.05, 3.63) is 16.2 Å². The molecule has 21 heavy (non-hydrogen) atoms. The maximum Gasteiger partial charge on any atom is 0.306 e. The zero-order chi connectivity index (χ0) is 16.3. The van der Waals surface area contributed by atoms with Gasteiger partial charge in [-0.3, -0.25) is 10.1 Å². The molecule has 0 bridgehead atoms. The van der Waals surface area contributed by atoms with Gasteiger partial charge < -0.3 is 10.2 Å². The number of rotatable bonds is 8. The number of nitrogens with zero attached hydrogens (tertiary/aromatic N) is 1. The maximum absolute atomic E-state index is 12.1. The third-order valence-corrected chi connectivity index (χ3v) is 5.44. The molecule has 4 N–H and O–H groups in total. The largest absolute Gasteiger partial charge is 0.375 e. The molecule has 9 nitrogen and oxygen atoms in total. The van der Waals surface area contributed by atoms with Gasteiger partial charge in [0.2, 0.25) is 10.0 Å². The van der Waals surface area contributed by atoms with Gasteiger partial charge in [-0.2, -0.15) is 0 Å². The minimum Gasteiger partial charge on any atom is -0.375 e. The van der Waals surface area contributed by atoms with E-state index in [1.165, 1.54) is 0 Å². The van der Waals surface area contributed by atoms with Crippen LogP contribution < -0.4 is 16.0 Å². The summed E-state index contributed by atoms with van der Waals surface area (Å²) in [6.07, 6.45) is 0. The van der Waals surface area contributed by atoms with Crippen molar-refractivity contribution in [1.82, 2.24) is 4.72 Å². The van der Waals surface area contributed by atoms with Gasteiger partial charge in [0, 0.05) is 19.2 Å². The van der Waals surface area contributed by atoms with Gasteiger partial charge in [-0.15, -0.1) is 0 Å². The first-order chi connectivity index (χ1) is 9.63. The molecule has 1 heterocycles. The first kappa shape index (κ1) is 17.8. The van der Waals surface area contributed by atoms with E-state index in [1.54, 1.807) is 20.8 Å². The summed E-state index contributed by atoms with van der Waals surface area (Å²) >= 11 is 0.690. The van der Waals surface area contributed by atoms with E-state index in [2.05, 4.69) is 10.1 Å². The lowest BCUT2D eigenvalue weighted by molar-refractivity contribution is -0.383. The van der Waals surface area contributed by atoms with Crippen LogP contribution in [0.5, 0.6) is 0 Å². The highest BCUT2D eigenvalue weighted by molar-refractivity contribution is 7.91. The molecule has 1 aromatic heterocycles. The second-order valence-electron chi connectivity index (χ2n) is 4.70. The third-order valence-electron chi connectivity index (χ3n) is 2.51. The molecule has 11 heteroatoms. The van der Waals surface area contributed by atoms with Crippen LogP contribution >= 0.6 is 11.3 Å². The summed E-state index contributed by atoms with van der Waals surface area (Å²) in [5.74, 6) is 5.15. The summed E-state index contributed by atoms with van der Waals surface area (Å²) in [5.41, 5.74) is 1.06. The van der Waals surface area contributed by atoms with E-state index in [1.807, 2.05) is 0 Å². The molecule has 0 aliphatic rings. The summed E-state index contributed by atoms with van der Waals surface area (Å²) in [7, 11) is -3.87. The van der Waals surface area contributed by atoms with Crippen LogP contribution in [0.2, 0.25) is 0 Å². The number of anilines is 1. The minimum atomic E-state index is -3.87. The summed E-state index contributed by atoms with van der Waals surface area (Å²) < 4.78 is 31.8. The van der Waals surface area contributed by atoms with Crippen molar-refractivity contribution in [1.29, 1.82) is 0 Å². The molecule has 0 aliphatic carbocycles. The number of hydrogen-bond acceptors (Lipinski definition) is 8. The zero-order valence-electron chi connectivity index (χ0n) is 11.9. The molecule has 0 aliphatic heterocycles. The molecule has 120 valence electrons. The number of nitro groups is 1. The average Bonchev–Trinajstić information content (AvgIpc) is 2.82. The molecular weight excluding hydrogens is 320 g/mol. The Hall–Kier alpha value is -1.27. The Balaban J connectivity index is 2.96. The van der Waals surface area contributed by atoms with Crippen molar-refractivity contribution in [3.8, 4) is 0 Å². The van der Waals surface area contributed by atoms with Crippen LogP contribution in [-0.4, -0.2) is 32.1 Å². The van der Waals surface area contributed by atoms with E-state index in [0.717, 1.165) is 6.07 Å². The lowest BCUT2D eigenvalue weighted by Crippen LogP contribution is -2.40. The van der Waals surface area contributed by atoms with Crippen LogP contribution in [0.15, 0.2) is 10.3 Å². The van der Waals surface area contributed by atoms with E-state index in [0.29, 0.717) is 17.9 Å². The predicted octanol–water partition coefficient (Wildman–Crippen LogP) is 1.04. The zero-order valence-corrected chi connectivity index (χ0v) is 13.5. The second-order valence-corrected chi connectivity index (χ2v) is 7.74. The maximum atomic E-state index is 12.1. The third kappa shape index (κ3) is 4.61. The van der Waals surface area contributed by atoms with Crippen LogP contribution in [0.4, 0.5) is 10.7 Å². The van der Waals surface area contributed by atoms with Crippen LogP contribution in [0.1, 0.15) is 20.8 Å². The van der Waals surface area contributed by atoms with Crippen LogP contribution in [-0.2, 0) is 14.8 Å². The number of nitrogens with one attached hydrogen (secondary N) is 2. The smallest absolute Gasteiger partial charge is 0.306 e. The Bertz CT molecular complexity index is 611. The van der Waals surface area contributed by atoms with Gasteiger partial charge in [-0.1, -0.05) is 11.3 Å². The van der Waals surface area contributed by atoms with E-state index in [4.69, 9.17) is 10.6 Å². The Morgan fingerprint density at radius 2 is 2.14 bits per heavy atom. The lowest BCUT2D eigenvalue weighted by atomic mass is 10.1. The molecular formula is C10H18N4O5S2. The van der Waals surface area contributed by atoms with Crippen LogP contribution in [0.25, 0.3) is 0 Å². The van der Waals surface area contributed by atoms with Crippen LogP contribution in [0.3, 0.4) is 0 Å². The van der Waals surface area contributed by atoms with Gasteiger partial charge >= 0.3 is 5.69 Å². The van der Waals surface area contributed by atoms with Crippen molar-refractivity contribution in [3.63, 3.8) is 0 Å². The molecule has 0 saturated heterocycles. The SMILES string of the molecule is CCOC(C)(C)CNS(=O)(=O)c1cc([N+](=O)[O-])c(NN)s1. The van der Waals surface area contributed by atoms with Gasteiger partial charge in [-0.05, 0) is 20.8 Å². The molecule has 1 aromatic rings. The van der Waals surface area contributed by atoms with Crippen molar-refractivity contribution in [2.24, 2.45) is 5.84 Å². The number of hydrazine groups is 1. The van der Waals surface area contributed by atoms with Crippen molar-refractivity contribution >= 4 is 32.0 Å². The number of nitrogens with two attached hydrogens (primary N) is 1. The topological polar surface area (TPSA) is 137 Å². The molecule has 0 atom stereocenters. The predicted molar refractivity (Wildman–Crippen MR) is 79.7 cm³/mol. The van der Waals surface area contributed by atoms with Crippen molar-refractivity contribution in [2.45, 2.75) is 30.6 Å². The first-order valence-corrected chi connectivity index (χ1v) is 8.31. The van der Waals surface area contributed by atoms with Gasteiger partial charge in [0.05, 0.1) is 10.5 Å². The molecule has 0 fully saturated rings. The lowest BCUT2D eigenvalue weighted by Gasteiger charge is -2.24. The molecule has 0 saturated carbocycles. The fourth-order valence-electron chi connectivity index (χ4n) is 1.51. The molecule has 1 rings (SSSR count). The Morgan fingerprint density at radius 1 is 1.52 bits per heavy atom. The van der Waals surface area contributed by atoms with Gasteiger partial charge in [-0.25, -0.2) is 19.0 Å². The molecule has 0 unspecified atom stereocenters. The second kappa shape index (κ2) is 6.66. The highest BCUT2D eigenvalue weighted by Gasteiger charge is 2.28. The molecule has 0 aromatic carbocycles. The standard InChI is InChI=1S/C10H18N4O5S2/c1-4-19-10(2,3)6-12-21(17,18)8-5-7(14(15)16)9(13-11)20-8/h5,12-13H,4,6,11H2,1-3H3. The Morgan fingerprint density at radius 3 is 2.57 bits per heavy atom. The fraction of sp³-hybridized carbons (Fsp3) is 0.600. The molecule has 0 spiro atoms. The number of thiophene rings is 1. The Kier molecular flexibility index (Phi) is 5.64.